The Hall–Kier alpha value is -0.160. The van der Waals surface area contributed by atoms with Gasteiger partial charge in [-0.15, -0.1) is 0 Å². The third-order valence-corrected chi connectivity index (χ3v) is 2.96. The van der Waals surface area contributed by atoms with E-state index in [1.807, 2.05) is 0 Å². The monoisotopic (exact) mass is 232 g/mol. The smallest absolute Gasteiger partial charge is 0.0756 e. The van der Waals surface area contributed by atoms with Crippen LogP contribution in [0.3, 0.4) is 0 Å². The van der Waals surface area contributed by atoms with Crippen molar-refractivity contribution in [3.05, 3.63) is 0 Å². The van der Waals surface area contributed by atoms with Gasteiger partial charge in [0.15, 0.2) is 0 Å². The Morgan fingerprint density at radius 3 is 2.31 bits per heavy atom. The van der Waals surface area contributed by atoms with Gasteiger partial charge in [-0.05, 0) is 34.1 Å². The highest BCUT2D eigenvalue weighted by Crippen LogP contribution is 2.16. The van der Waals surface area contributed by atoms with Crippen molar-refractivity contribution in [2.75, 3.05) is 26.8 Å². The van der Waals surface area contributed by atoms with Crippen LogP contribution in [0.25, 0.3) is 0 Å². The van der Waals surface area contributed by atoms with E-state index in [-0.39, 0.29) is 0 Å². The molecule has 0 aliphatic rings. The summed E-state index contributed by atoms with van der Waals surface area (Å²) in [6.07, 6.45) is 0.686. The van der Waals surface area contributed by atoms with Crippen molar-refractivity contribution in [1.29, 1.82) is 0 Å². The Morgan fingerprint density at radius 1 is 1.38 bits per heavy atom. The van der Waals surface area contributed by atoms with E-state index >= 15 is 0 Å². The fourth-order valence-corrected chi connectivity index (χ4v) is 2.02. The molecule has 98 valence electrons. The maximum Gasteiger partial charge on any atom is 0.0756 e. The first kappa shape index (κ1) is 15.8. The Bertz CT molecular complexity index is 184. The van der Waals surface area contributed by atoms with Crippen LogP contribution in [0.15, 0.2) is 0 Å². The maximum absolute atomic E-state index is 9.97. The van der Waals surface area contributed by atoms with E-state index in [2.05, 4.69) is 25.7 Å². The van der Waals surface area contributed by atoms with Gasteiger partial charge >= 0.3 is 0 Å². The lowest BCUT2D eigenvalue weighted by Crippen LogP contribution is -2.46. The van der Waals surface area contributed by atoms with Crippen molar-refractivity contribution in [2.24, 2.45) is 5.73 Å². The molecule has 2 unspecified atom stereocenters. The molecule has 0 spiro atoms. The molecule has 3 N–H and O–H groups in total. The molecule has 0 saturated carbocycles. The molecule has 2 atom stereocenters. The molecule has 4 nitrogen and oxygen atoms in total. The van der Waals surface area contributed by atoms with Gasteiger partial charge < -0.3 is 15.6 Å². The van der Waals surface area contributed by atoms with E-state index in [4.69, 9.17) is 10.5 Å². The largest absolute Gasteiger partial charge is 0.389 e. The fraction of sp³-hybridized carbons (Fsp3) is 1.00. The maximum atomic E-state index is 9.97. The fourth-order valence-electron chi connectivity index (χ4n) is 2.02. The van der Waals surface area contributed by atoms with Gasteiger partial charge in [-0.1, -0.05) is 0 Å². The first-order valence-electron chi connectivity index (χ1n) is 6.01. The minimum absolute atomic E-state index is 0.299. The molecule has 4 heteroatoms. The minimum atomic E-state index is -0.778. The molecule has 0 bridgehead atoms. The molecule has 16 heavy (non-hydrogen) atoms. The van der Waals surface area contributed by atoms with Gasteiger partial charge in [0.2, 0.25) is 0 Å². The molecule has 0 amide bonds. The summed E-state index contributed by atoms with van der Waals surface area (Å²) in [4.78, 5) is 2.33. The van der Waals surface area contributed by atoms with E-state index in [0.717, 1.165) is 6.54 Å². The van der Waals surface area contributed by atoms with E-state index < -0.39 is 5.60 Å². The highest BCUT2D eigenvalue weighted by Gasteiger charge is 2.26. The Balaban J connectivity index is 4.32. The predicted molar refractivity (Wildman–Crippen MR) is 67.5 cm³/mol. The summed E-state index contributed by atoms with van der Waals surface area (Å²) in [7, 11) is 1.71. The van der Waals surface area contributed by atoms with Crippen molar-refractivity contribution < 1.29 is 9.84 Å². The predicted octanol–water partition coefficient (Wildman–Crippen LogP) is 0.832. The second kappa shape index (κ2) is 7.22. The lowest BCUT2D eigenvalue weighted by atomic mass is 9.96. The number of nitrogens with zero attached hydrogens (tertiary/aromatic N) is 1. The quantitative estimate of drug-likeness (QED) is 0.651. The van der Waals surface area contributed by atoms with Crippen molar-refractivity contribution in [3.63, 3.8) is 0 Å². The van der Waals surface area contributed by atoms with Gasteiger partial charge in [0.05, 0.1) is 12.2 Å². The Morgan fingerprint density at radius 2 is 1.94 bits per heavy atom. The number of ether oxygens (including phenoxy) is 1. The molecule has 0 aromatic rings. The number of methoxy groups -OCH3 is 1. The summed E-state index contributed by atoms with van der Waals surface area (Å²) in [5.74, 6) is 0. The molecule has 0 heterocycles. The van der Waals surface area contributed by atoms with Crippen LogP contribution in [0.1, 0.15) is 34.1 Å². The zero-order valence-electron chi connectivity index (χ0n) is 11.4. The van der Waals surface area contributed by atoms with Crippen molar-refractivity contribution in [3.8, 4) is 0 Å². The normalized spacial score (nSPS) is 17.8. The van der Waals surface area contributed by atoms with Crippen LogP contribution in [0.2, 0.25) is 0 Å². The first-order valence-corrected chi connectivity index (χ1v) is 6.01. The average Bonchev–Trinajstić information content (AvgIpc) is 2.17. The molecule has 0 aromatic carbocycles. The Labute approximate surface area is 99.8 Å². The summed E-state index contributed by atoms with van der Waals surface area (Å²) in [6.45, 7) is 10.1. The molecular weight excluding hydrogens is 204 g/mol. The lowest BCUT2D eigenvalue weighted by Gasteiger charge is -2.36. The topological polar surface area (TPSA) is 58.7 Å². The van der Waals surface area contributed by atoms with E-state index in [9.17, 15) is 5.11 Å². The van der Waals surface area contributed by atoms with Crippen molar-refractivity contribution >= 4 is 0 Å². The molecule has 0 aliphatic carbocycles. The van der Waals surface area contributed by atoms with Crippen LogP contribution >= 0.6 is 0 Å². The zero-order chi connectivity index (χ0) is 12.8. The SMILES string of the molecule is COCCN(C(C)C)C(C)CC(C)(O)CN. The van der Waals surface area contributed by atoms with Crippen LogP contribution in [0.5, 0.6) is 0 Å². The molecule has 0 rings (SSSR count). The minimum Gasteiger partial charge on any atom is -0.389 e. The van der Waals surface area contributed by atoms with Crippen LogP contribution in [-0.4, -0.2) is 54.5 Å². The van der Waals surface area contributed by atoms with Gasteiger partial charge in [0, 0.05) is 32.3 Å². The zero-order valence-corrected chi connectivity index (χ0v) is 11.4. The number of hydrogen-bond donors (Lipinski definition) is 2. The van der Waals surface area contributed by atoms with E-state index in [1.54, 1.807) is 14.0 Å². The standard InChI is InChI=1S/C12H28N2O2/c1-10(2)14(6-7-16-5)11(3)8-12(4,15)9-13/h10-11,15H,6-9,13H2,1-5H3. The molecule has 0 radical (unpaired) electrons. The second-order valence-electron chi connectivity index (χ2n) is 5.08. The highest BCUT2D eigenvalue weighted by atomic mass is 16.5. The average molecular weight is 232 g/mol. The molecule has 0 aromatic heterocycles. The van der Waals surface area contributed by atoms with E-state index in [1.165, 1.54) is 0 Å². The molecule has 0 saturated heterocycles. The van der Waals surface area contributed by atoms with Crippen molar-refractivity contribution in [2.45, 2.75) is 51.8 Å². The molecular formula is C12H28N2O2. The number of hydrogen-bond acceptors (Lipinski definition) is 4. The number of nitrogens with two attached hydrogens (primary N) is 1. The van der Waals surface area contributed by atoms with E-state index in [0.29, 0.717) is 31.7 Å². The third kappa shape index (κ3) is 5.80. The van der Waals surface area contributed by atoms with Crippen LogP contribution in [0.4, 0.5) is 0 Å². The van der Waals surface area contributed by atoms with Gasteiger partial charge in [0.1, 0.15) is 0 Å². The summed E-state index contributed by atoms with van der Waals surface area (Å²) >= 11 is 0. The van der Waals surface area contributed by atoms with Crippen LogP contribution < -0.4 is 5.73 Å². The first-order chi connectivity index (χ1) is 7.34. The summed E-state index contributed by atoms with van der Waals surface area (Å²) < 4.78 is 5.10. The lowest BCUT2D eigenvalue weighted by molar-refractivity contribution is 0.0150. The van der Waals surface area contributed by atoms with Gasteiger partial charge in [-0.2, -0.15) is 0 Å². The van der Waals surface area contributed by atoms with Crippen LogP contribution in [-0.2, 0) is 4.74 Å². The second-order valence-corrected chi connectivity index (χ2v) is 5.08. The Kier molecular flexibility index (Phi) is 7.15. The summed E-state index contributed by atoms with van der Waals surface area (Å²) in [5, 5.41) is 9.97. The number of aliphatic hydroxyl groups is 1. The van der Waals surface area contributed by atoms with Gasteiger partial charge in [0.25, 0.3) is 0 Å². The molecule has 0 fully saturated rings. The van der Waals surface area contributed by atoms with Gasteiger partial charge in [-0.3, -0.25) is 4.90 Å². The van der Waals surface area contributed by atoms with Gasteiger partial charge in [-0.25, -0.2) is 0 Å². The van der Waals surface area contributed by atoms with Crippen LogP contribution in [0, 0.1) is 0 Å². The number of rotatable bonds is 8. The summed E-state index contributed by atoms with van der Waals surface area (Å²) in [6, 6.07) is 0.743. The highest BCUT2D eigenvalue weighted by molar-refractivity contribution is 4.82. The van der Waals surface area contributed by atoms with Crippen molar-refractivity contribution in [1.82, 2.24) is 4.90 Å². The molecule has 0 aliphatic heterocycles. The summed E-state index contributed by atoms with van der Waals surface area (Å²) in [5.41, 5.74) is 4.76. The third-order valence-electron chi connectivity index (χ3n) is 2.96.